The molecular formula is C18H21ClN4O2. The highest BCUT2D eigenvalue weighted by atomic mass is 35.5. The van der Waals surface area contributed by atoms with Crippen LogP contribution in [0.1, 0.15) is 24.8 Å². The second-order valence-corrected chi connectivity index (χ2v) is 6.23. The van der Waals surface area contributed by atoms with Crippen LogP contribution in [0.2, 0.25) is 5.02 Å². The average molecular weight is 361 g/mol. The molecule has 132 valence electrons. The van der Waals surface area contributed by atoms with E-state index in [0.29, 0.717) is 31.0 Å². The predicted octanol–water partition coefficient (Wildman–Crippen LogP) is 2.60. The Balaban J connectivity index is 1.82. The number of hydrogen-bond acceptors (Lipinski definition) is 4. The number of likely N-dealkylation sites (tertiary alicyclic amines) is 1. The van der Waals surface area contributed by atoms with E-state index >= 15 is 0 Å². The maximum absolute atomic E-state index is 12.1. The Morgan fingerprint density at radius 2 is 2.28 bits per heavy atom. The summed E-state index contributed by atoms with van der Waals surface area (Å²) in [5, 5.41) is 15.4. The number of rotatable bonds is 7. The number of nitrogens with zero attached hydrogens (tertiary/aromatic N) is 2. The molecule has 2 N–H and O–H groups in total. The van der Waals surface area contributed by atoms with E-state index in [1.54, 1.807) is 17.0 Å². The topological polar surface area (TPSA) is 85.2 Å². The lowest BCUT2D eigenvalue weighted by Gasteiger charge is -2.15. The molecule has 0 spiro atoms. The Labute approximate surface area is 152 Å². The number of nitrogens with one attached hydrogen (secondary N) is 2. The fourth-order valence-electron chi connectivity index (χ4n) is 2.57. The second-order valence-electron chi connectivity index (χ2n) is 5.82. The van der Waals surface area contributed by atoms with Crippen molar-refractivity contribution in [2.45, 2.75) is 26.2 Å². The first-order chi connectivity index (χ1) is 12.0. The summed E-state index contributed by atoms with van der Waals surface area (Å²) in [5.41, 5.74) is 1.56. The quantitative estimate of drug-likeness (QED) is 0.444. The van der Waals surface area contributed by atoms with Gasteiger partial charge in [-0.2, -0.15) is 5.26 Å². The minimum atomic E-state index is -0.442. The summed E-state index contributed by atoms with van der Waals surface area (Å²) in [6.45, 7) is 3.69. The lowest BCUT2D eigenvalue weighted by molar-refractivity contribution is -0.127. The third-order valence-electron chi connectivity index (χ3n) is 4.07. The maximum atomic E-state index is 12.1. The molecule has 0 atom stereocenters. The average Bonchev–Trinajstić information content (AvgIpc) is 3.01. The Morgan fingerprint density at radius 3 is 2.96 bits per heavy atom. The lowest BCUT2D eigenvalue weighted by atomic mass is 10.2. The van der Waals surface area contributed by atoms with Gasteiger partial charge < -0.3 is 15.5 Å². The summed E-state index contributed by atoms with van der Waals surface area (Å²) in [6, 6.07) is 7.26. The first kappa shape index (κ1) is 18.8. The molecule has 1 saturated heterocycles. The Hall–Kier alpha value is -2.52. The van der Waals surface area contributed by atoms with Crippen molar-refractivity contribution in [2.24, 2.45) is 0 Å². The third-order valence-corrected chi connectivity index (χ3v) is 4.48. The molecular weight excluding hydrogens is 340 g/mol. The van der Waals surface area contributed by atoms with Gasteiger partial charge in [0.1, 0.15) is 11.6 Å². The molecule has 1 aromatic rings. The van der Waals surface area contributed by atoms with Crippen LogP contribution in [0.4, 0.5) is 5.69 Å². The predicted molar refractivity (Wildman–Crippen MR) is 96.9 cm³/mol. The summed E-state index contributed by atoms with van der Waals surface area (Å²) >= 11 is 6.04. The van der Waals surface area contributed by atoms with Crippen LogP contribution in [-0.4, -0.2) is 36.3 Å². The number of carbonyl (C=O) groups excluding carboxylic acids is 2. The van der Waals surface area contributed by atoms with Gasteiger partial charge in [-0.3, -0.25) is 9.59 Å². The van der Waals surface area contributed by atoms with Crippen molar-refractivity contribution in [2.75, 3.05) is 25.0 Å². The van der Waals surface area contributed by atoms with Crippen molar-refractivity contribution in [1.82, 2.24) is 10.2 Å². The lowest BCUT2D eigenvalue weighted by Crippen LogP contribution is -2.31. The van der Waals surface area contributed by atoms with Gasteiger partial charge in [-0.15, -0.1) is 0 Å². The number of halogens is 1. The summed E-state index contributed by atoms with van der Waals surface area (Å²) in [4.78, 5) is 25.4. The SMILES string of the molecule is Cc1c(Cl)cccc1N/C=C(/C#N)C(=O)NCCCN1CCCC1=O. The zero-order chi connectivity index (χ0) is 18.2. The van der Waals surface area contributed by atoms with Gasteiger partial charge in [0.25, 0.3) is 5.91 Å². The van der Waals surface area contributed by atoms with Crippen LogP contribution in [0, 0.1) is 18.3 Å². The van der Waals surface area contributed by atoms with E-state index in [0.717, 1.165) is 24.2 Å². The highest BCUT2D eigenvalue weighted by Gasteiger charge is 2.19. The highest BCUT2D eigenvalue weighted by Crippen LogP contribution is 2.23. The van der Waals surface area contributed by atoms with Gasteiger partial charge in [-0.1, -0.05) is 17.7 Å². The van der Waals surface area contributed by atoms with Gasteiger partial charge in [-0.05, 0) is 37.5 Å². The molecule has 2 amide bonds. The molecule has 6 nitrogen and oxygen atoms in total. The van der Waals surface area contributed by atoms with Crippen LogP contribution < -0.4 is 10.6 Å². The summed E-state index contributed by atoms with van der Waals surface area (Å²) in [5.74, 6) is -0.271. The van der Waals surface area contributed by atoms with Crippen LogP contribution in [0.3, 0.4) is 0 Å². The molecule has 0 bridgehead atoms. The number of benzene rings is 1. The highest BCUT2D eigenvalue weighted by molar-refractivity contribution is 6.31. The molecule has 1 heterocycles. The van der Waals surface area contributed by atoms with E-state index in [1.165, 1.54) is 6.20 Å². The van der Waals surface area contributed by atoms with Crippen LogP contribution in [0.25, 0.3) is 0 Å². The Morgan fingerprint density at radius 1 is 1.48 bits per heavy atom. The van der Waals surface area contributed by atoms with Crippen molar-refractivity contribution in [1.29, 1.82) is 5.26 Å². The number of anilines is 1. The number of carbonyl (C=O) groups is 2. The fourth-order valence-corrected chi connectivity index (χ4v) is 2.74. The maximum Gasteiger partial charge on any atom is 0.263 e. The molecule has 2 rings (SSSR count). The molecule has 25 heavy (non-hydrogen) atoms. The molecule has 0 saturated carbocycles. The molecule has 1 aliphatic heterocycles. The molecule has 1 aromatic carbocycles. The zero-order valence-electron chi connectivity index (χ0n) is 14.1. The van der Waals surface area contributed by atoms with Gasteiger partial charge in [-0.25, -0.2) is 0 Å². The summed E-state index contributed by atoms with van der Waals surface area (Å²) in [7, 11) is 0. The number of hydrogen-bond donors (Lipinski definition) is 2. The smallest absolute Gasteiger partial charge is 0.263 e. The zero-order valence-corrected chi connectivity index (χ0v) is 14.9. The summed E-state index contributed by atoms with van der Waals surface area (Å²) in [6.07, 6.45) is 3.55. The minimum absolute atomic E-state index is 0.0170. The summed E-state index contributed by atoms with van der Waals surface area (Å²) < 4.78 is 0. The first-order valence-electron chi connectivity index (χ1n) is 8.21. The third kappa shape index (κ3) is 5.23. The van der Waals surface area contributed by atoms with E-state index in [1.807, 2.05) is 19.1 Å². The monoisotopic (exact) mass is 360 g/mol. The largest absolute Gasteiger partial charge is 0.360 e. The molecule has 1 fully saturated rings. The molecule has 0 aliphatic carbocycles. The number of amides is 2. The van der Waals surface area contributed by atoms with Crippen molar-refractivity contribution in [3.05, 3.63) is 40.6 Å². The molecule has 1 aliphatic rings. The minimum Gasteiger partial charge on any atom is -0.360 e. The van der Waals surface area contributed by atoms with Crippen LogP contribution >= 0.6 is 11.6 Å². The normalized spacial score (nSPS) is 14.4. The van der Waals surface area contributed by atoms with Gasteiger partial charge in [0.15, 0.2) is 0 Å². The second kappa shape index (κ2) is 9.09. The van der Waals surface area contributed by atoms with E-state index < -0.39 is 5.91 Å². The van der Waals surface area contributed by atoms with E-state index in [4.69, 9.17) is 16.9 Å². The van der Waals surface area contributed by atoms with E-state index in [9.17, 15) is 9.59 Å². The van der Waals surface area contributed by atoms with Gasteiger partial charge in [0, 0.05) is 43.0 Å². The van der Waals surface area contributed by atoms with Crippen molar-refractivity contribution >= 4 is 29.1 Å². The fraction of sp³-hybridized carbons (Fsp3) is 0.389. The Kier molecular flexibility index (Phi) is 6.84. The van der Waals surface area contributed by atoms with Crippen molar-refractivity contribution in [3.8, 4) is 6.07 Å². The van der Waals surface area contributed by atoms with Gasteiger partial charge >= 0.3 is 0 Å². The van der Waals surface area contributed by atoms with Gasteiger partial charge in [0.2, 0.25) is 5.91 Å². The standard InChI is InChI=1S/C18H21ClN4O2/c1-13-15(19)5-2-6-16(13)22-12-14(11-20)18(25)21-8-4-10-23-9-3-7-17(23)24/h2,5-6,12,22H,3-4,7-10H2,1H3,(H,21,25)/b14-12-. The van der Waals surface area contributed by atoms with E-state index in [-0.39, 0.29) is 11.5 Å². The number of nitriles is 1. The van der Waals surface area contributed by atoms with Crippen LogP contribution in [0.15, 0.2) is 30.0 Å². The van der Waals surface area contributed by atoms with E-state index in [2.05, 4.69) is 10.6 Å². The van der Waals surface area contributed by atoms with Crippen LogP contribution in [0.5, 0.6) is 0 Å². The molecule has 0 radical (unpaired) electrons. The molecule has 0 aromatic heterocycles. The van der Waals surface area contributed by atoms with Crippen molar-refractivity contribution < 1.29 is 9.59 Å². The van der Waals surface area contributed by atoms with Crippen molar-refractivity contribution in [3.63, 3.8) is 0 Å². The molecule has 7 heteroatoms. The van der Waals surface area contributed by atoms with Gasteiger partial charge in [0.05, 0.1) is 0 Å². The first-order valence-corrected chi connectivity index (χ1v) is 8.58. The Bertz CT molecular complexity index is 724. The molecule has 0 unspecified atom stereocenters. The van der Waals surface area contributed by atoms with Crippen LogP contribution in [-0.2, 0) is 9.59 Å².